The quantitative estimate of drug-likeness (QED) is 0.430. The summed E-state index contributed by atoms with van der Waals surface area (Å²) in [6.45, 7) is 0. The van der Waals surface area contributed by atoms with Crippen molar-refractivity contribution in [3.63, 3.8) is 0 Å². The number of esters is 1. The van der Waals surface area contributed by atoms with Gasteiger partial charge in [-0.2, -0.15) is 9.65 Å². The van der Waals surface area contributed by atoms with E-state index in [4.69, 9.17) is 5.26 Å². The van der Waals surface area contributed by atoms with Crippen LogP contribution in [0.25, 0.3) is 0 Å². The fourth-order valence-corrected chi connectivity index (χ4v) is 1.10. The number of ether oxygens (including phenoxy) is 1. The van der Waals surface area contributed by atoms with Gasteiger partial charge in [-0.25, -0.2) is 4.79 Å². The summed E-state index contributed by atoms with van der Waals surface area (Å²) in [5.41, 5.74) is -2.07. The number of rotatable bonds is 2. The Bertz CT molecular complexity index is 507. The van der Waals surface area contributed by atoms with Crippen LogP contribution in [0.4, 0.5) is 10.1 Å². The lowest BCUT2D eigenvalue weighted by Gasteiger charge is -2.02. The second kappa shape index (κ2) is 4.35. The van der Waals surface area contributed by atoms with Crippen molar-refractivity contribution in [3.05, 3.63) is 39.2 Å². The number of hydrogen-bond acceptors (Lipinski definition) is 5. The molecule has 0 saturated carbocycles. The van der Waals surface area contributed by atoms with Crippen LogP contribution in [0.1, 0.15) is 15.9 Å². The maximum absolute atomic E-state index is 13.4. The van der Waals surface area contributed by atoms with Gasteiger partial charge in [-0.1, -0.05) is 0 Å². The van der Waals surface area contributed by atoms with Crippen molar-refractivity contribution in [1.82, 2.24) is 0 Å². The highest BCUT2D eigenvalue weighted by Crippen LogP contribution is 2.25. The molecule has 1 aromatic carbocycles. The second-order valence-corrected chi connectivity index (χ2v) is 2.68. The van der Waals surface area contributed by atoms with Gasteiger partial charge in [0.2, 0.25) is 5.82 Å². The van der Waals surface area contributed by atoms with E-state index in [0.717, 1.165) is 19.2 Å². The molecule has 0 radical (unpaired) electrons. The number of nitro benzene ring substituents is 1. The van der Waals surface area contributed by atoms with Crippen molar-refractivity contribution < 1.29 is 18.8 Å². The van der Waals surface area contributed by atoms with E-state index in [1.807, 2.05) is 0 Å². The molecule has 6 nitrogen and oxygen atoms in total. The van der Waals surface area contributed by atoms with Crippen molar-refractivity contribution in [2.24, 2.45) is 0 Å². The molecule has 0 aromatic heterocycles. The molecule has 16 heavy (non-hydrogen) atoms. The number of nitriles is 1. The summed E-state index contributed by atoms with van der Waals surface area (Å²) in [5.74, 6) is -2.37. The molecule has 0 atom stereocenters. The third-order valence-corrected chi connectivity index (χ3v) is 1.82. The number of nitrogens with zero attached hydrogens (tertiary/aromatic N) is 2. The molecule has 0 aliphatic rings. The number of benzene rings is 1. The van der Waals surface area contributed by atoms with Crippen molar-refractivity contribution in [2.45, 2.75) is 0 Å². The Labute approximate surface area is 89.0 Å². The number of methoxy groups -OCH3 is 1. The summed E-state index contributed by atoms with van der Waals surface area (Å²) in [5, 5.41) is 19.1. The Morgan fingerprint density at radius 2 is 2.25 bits per heavy atom. The molecule has 0 saturated heterocycles. The van der Waals surface area contributed by atoms with E-state index in [0.29, 0.717) is 0 Å². The third-order valence-electron chi connectivity index (χ3n) is 1.82. The fourth-order valence-electron chi connectivity index (χ4n) is 1.10. The monoisotopic (exact) mass is 224 g/mol. The Hall–Kier alpha value is -2.49. The van der Waals surface area contributed by atoms with Crippen LogP contribution in [-0.2, 0) is 4.74 Å². The van der Waals surface area contributed by atoms with Gasteiger partial charge >= 0.3 is 11.7 Å². The maximum atomic E-state index is 13.4. The summed E-state index contributed by atoms with van der Waals surface area (Å²) in [7, 11) is 1.02. The van der Waals surface area contributed by atoms with Crippen LogP contribution in [-0.4, -0.2) is 18.0 Å². The van der Waals surface area contributed by atoms with E-state index < -0.39 is 33.5 Å². The highest BCUT2D eigenvalue weighted by Gasteiger charge is 2.28. The predicted molar refractivity (Wildman–Crippen MR) is 49.1 cm³/mol. The van der Waals surface area contributed by atoms with E-state index in [9.17, 15) is 19.3 Å². The van der Waals surface area contributed by atoms with Gasteiger partial charge in [-0.3, -0.25) is 10.1 Å². The molecule has 0 aliphatic carbocycles. The van der Waals surface area contributed by atoms with Crippen LogP contribution < -0.4 is 0 Å². The van der Waals surface area contributed by atoms with Crippen LogP contribution in [0.2, 0.25) is 0 Å². The Kier molecular flexibility index (Phi) is 3.15. The fraction of sp³-hybridized carbons (Fsp3) is 0.111. The van der Waals surface area contributed by atoms with Crippen molar-refractivity contribution >= 4 is 11.7 Å². The zero-order valence-corrected chi connectivity index (χ0v) is 8.06. The highest BCUT2D eigenvalue weighted by molar-refractivity contribution is 5.94. The molecule has 1 rings (SSSR count). The predicted octanol–water partition coefficient (Wildman–Crippen LogP) is 1.39. The van der Waals surface area contributed by atoms with Crippen LogP contribution in [0, 0.1) is 27.3 Å². The number of hydrogen-bond donors (Lipinski definition) is 0. The first-order valence-electron chi connectivity index (χ1n) is 3.98. The number of carbonyl (C=O) groups is 1. The summed E-state index contributed by atoms with van der Waals surface area (Å²) in [6, 6.07) is 3.40. The molecule has 0 aliphatic heterocycles. The van der Waals surface area contributed by atoms with Gasteiger partial charge in [-0.15, -0.1) is 0 Å². The number of nitro groups is 1. The molecule has 7 heteroatoms. The summed E-state index contributed by atoms with van der Waals surface area (Å²) in [4.78, 5) is 20.6. The van der Waals surface area contributed by atoms with Crippen LogP contribution in [0.5, 0.6) is 0 Å². The van der Waals surface area contributed by atoms with Gasteiger partial charge < -0.3 is 4.74 Å². The highest BCUT2D eigenvalue weighted by atomic mass is 19.1. The molecule has 0 N–H and O–H groups in total. The van der Waals surface area contributed by atoms with Gasteiger partial charge in [0.05, 0.1) is 17.6 Å². The molecule has 0 heterocycles. The lowest BCUT2D eigenvalue weighted by atomic mass is 10.1. The molecule has 1 aromatic rings. The van der Waals surface area contributed by atoms with Crippen LogP contribution >= 0.6 is 0 Å². The molecule has 0 spiro atoms. The lowest BCUT2D eigenvalue weighted by molar-refractivity contribution is -0.387. The molecular formula is C9H5FN2O4. The third kappa shape index (κ3) is 1.81. The SMILES string of the molecule is COC(=O)c1ccc(C#N)c(F)c1[N+](=O)[O-]. The summed E-state index contributed by atoms with van der Waals surface area (Å²) < 4.78 is 17.7. The van der Waals surface area contributed by atoms with Crippen molar-refractivity contribution in [3.8, 4) is 6.07 Å². The summed E-state index contributed by atoms with van der Waals surface area (Å²) >= 11 is 0. The van der Waals surface area contributed by atoms with Crippen LogP contribution in [0.15, 0.2) is 12.1 Å². The molecular weight excluding hydrogens is 219 g/mol. The van der Waals surface area contributed by atoms with E-state index in [-0.39, 0.29) is 0 Å². The molecule has 0 bridgehead atoms. The zero-order chi connectivity index (χ0) is 12.3. The zero-order valence-electron chi connectivity index (χ0n) is 8.06. The molecule has 0 amide bonds. The molecule has 0 unspecified atom stereocenters. The van der Waals surface area contributed by atoms with Crippen molar-refractivity contribution in [2.75, 3.05) is 7.11 Å². The van der Waals surface area contributed by atoms with Crippen molar-refractivity contribution in [1.29, 1.82) is 5.26 Å². The Morgan fingerprint density at radius 1 is 1.62 bits per heavy atom. The van der Waals surface area contributed by atoms with Gasteiger partial charge in [0.25, 0.3) is 0 Å². The first-order chi connectivity index (χ1) is 7.52. The summed E-state index contributed by atoms with van der Waals surface area (Å²) in [6.07, 6.45) is 0. The lowest BCUT2D eigenvalue weighted by Crippen LogP contribution is -2.08. The smallest absolute Gasteiger partial charge is 0.345 e. The van der Waals surface area contributed by atoms with Gasteiger partial charge in [0.15, 0.2) is 0 Å². The average Bonchev–Trinajstić information content (AvgIpc) is 2.26. The van der Waals surface area contributed by atoms with Gasteiger partial charge in [-0.05, 0) is 12.1 Å². The van der Waals surface area contributed by atoms with E-state index >= 15 is 0 Å². The van der Waals surface area contributed by atoms with Crippen LogP contribution in [0.3, 0.4) is 0 Å². The first kappa shape index (κ1) is 11.6. The minimum atomic E-state index is -1.34. The topological polar surface area (TPSA) is 93.2 Å². The minimum absolute atomic E-state index is 0.501. The second-order valence-electron chi connectivity index (χ2n) is 2.68. The van der Waals surface area contributed by atoms with E-state index in [1.165, 1.54) is 6.07 Å². The van der Waals surface area contributed by atoms with E-state index in [2.05, 4.69) is 4.74 Å². The van der Waals surface area contributed by atoms with E-state index in [1.54, 1.807) is 0 Å². The number of carbonyl (C=O) groups excluding carboxylic acids is 1. The van der Waals surface area contributed by atoms with Gasteiger partial charge in [0.1, 0.15) is 11.6 Å². The first-order valence-corrected chi connectivity index (χ1v) is 3.98. The average molecular weight is 224 g/mol. The molecule has 0 fully saturated rings. The largest absolute Gasteiger partial charge is 0.465 e. The number of halogens is 1. The Morgan fingerprint density at radius 3 is 2.69 bits per heavy atom. The standard InChI is InChI=1S/C9H5FN2O4/c1-16-9(13)6-3-2-5(4-11)7(10)8(6)12(14)15/h2-3H,1H3. The molecule has 82 valence electrons. The maximum Gasteiger partial charge on any atom is 0.345 e. The normalized spacial score (nSPS) is 9.31. The Balaban J connectivity index is 3.54. The minimum Gasteiger partial charge on any atom is -0.465 e. The van der Waals surface area contributed by atoms with Gasteiger partial charge in [0, 0.05) is 0 Å².